The Balaban J connectivity index is 1.96. The van der Waals surface area contributed by atoms with Crippen LogP contribution in [-0.4, -0.2) is 42.9 Å². The van der Waals surface area contributed by atoms with Gasteiger partial charge >= 0.3 is 6.03 Å². The monoisotopic (exact) mass is 330 g/mol. The largest absolute Gasteiger partial charge is 0.394 e. The molecule has 1 aliphatic heterocycles. The van der Waals surface area contributed by atoms with Gasteiger partial charge in [-0.1, -0.05) is 26.0 Å². The van der Waals surface area contributed by atoms with Gasteiger partial charge < -0.3 is 20.6 Å². The number of hydrogen-bond donors (Lipinski definition) is 3. The Labute approximate surface area is 143 Å². The molecule has 0 spiro atoms. The van der Waals surface area contributed by atoms with Crippen LogP contribution in [0.5, 0.6) is 0 Å². The van der Waals surface area contributed by atoms with E-state index in [1.165, 1.54) is 0 Å². The minimum Gasteiger partial charge on any atom is -0.394 e. The molecule has 24 heavy (non-hydrogen) atoms. The molecule has 2 atom stereocenters. The first-order chi connectivity index (χ1) is 11.5. The van der Waals surface area contributed by atoms with Gasteiger partial charge in [-0.3, -0.25) is 0 Å². The van der Waals surface area contributed by atoms with Crippen LogP contribution in [0.1, 0.15) is 32.3 Å². The van der Waals surface area contributed by atoms with Crippen LogP contribution in [0.25, 0.3) is 0 Å². The first-order valence-corrected chi connectivity index (χ1v) is 8.47. The van der Waals surface area contributed by atoms with Crippen molar-refractivity contribution in [3.05, 3.63) is 29.8 Å². The average molecular weight is 330 g/mol. The highest BCUT2D eigenvalue weighted by Gasteiger charge is 2.24. The molecule has 1 fully saturated rings. The van der Waals surface area contributed by atoms with Crippen molar-refractivity contribution < 1.29 is 9.90 Å². The number of amides is 2. The number of para-hydroxylation sites is 1. The van der Waals surface area contributed by atoms with Crippen molar-refractivity contribution in [1.29, 1.82) is 5.26 Å². The zero-order chi connectivity index (χ0) is 17.5. The highest BCUT2D eigenvalue weighted by molar-refractivity contribution is 5.74. The number of aliphatic hydroxyl groups excluding tert-OH is 1. The second-order valence-corrected chi connectivity index (χ2v) is 6.57. The lowest BCUT2D eigenvalue weighted by Gasteiger charge is -2.35. The standard InChI is InChI=1S/C18H26N4O2/c1-13(2)16(12-23)21-18(24)20-15-7-5-9-22(11-15)17-8-4-3-6-14(17)10-19/h3-4,6,8,13,15-16,23H,5,7,9,11-12H2,1-2H3,(H2,20,21,24)/t15?,16-/m1/s1. The van der Waals surface area contributed by atoms with Gasteiger partial charge in [0.25, 0.3) is 0 Å². The molecule has 0 bridgehead atoms. The molecule has 6 heteroatoms. The van der Waals surface area contributed by atoms with Crippen LogP contribution in [0.2, 0.25) is 0 Å². The molecule has 0 saturated carbocycles. The number of anilines is 1. The van der Waals surface area contributed by atoms with Gasteiger partial charge in [-0.2, -0.15) is 5.26 Å². The molecule has 2 rings (SSSR count). The molecule has 0 radical (unpaired) electrons. The second kappa shape index (κ2) is 8.55. The van der Waals surface area contributed by atoms with E-state index < -0.39 is 0 Å². The van der Waals surface area contributed by atoms with Gasteiger partial charge in [-0.25, -0.2) is 4.79 Å². The molecule has 1 unspecified atom stereocenters. The number of nitrogens with zero attached hydrogens (tertiary/aromatic N) is 2. The zero-order valence-corrected chi connectivity index (χ0v) is 14.3. The van der Waals surface area contributed by atoms with Crippen LogP contribution in [0.3, 0.4) is 0 Å². The number of nitriles is 1. The topological polar surface area (TPSA) is 88.4 Å². The van der Waals surface area contributed by atoms with Crippen LogP contribution >= 0.6 is 0 Å². The number of hydrogen-bond acceptors (Lipinski definition) is 4. The maximum atomic E-state index is 12.1. The van der Waals surface area contributed by atoms with Gasteiger partial charge in [0.2, 0.25) is 0 Å². The predicted octanol–water partition coefficient (Wildman–Crippen LogP) is 1.84. The molecule has 130 valence electrons. The summed E-state index contributed by atoms with van der Waals surface area (Å²) in [5.74, 6) is 0.172. The van der Waals surface area contributed by atoms with E-state index >= 15 is 0 Å². The molecule has 6 nitrogen and oxygen atoms in total. The van der Waals surface area contributed by atoms with E-state index in [-0.39, 0.29) is 30.6 Å². The Bertz CT molecular complexity index is 597. The van der Waals surface area contributed by atoms with E-state index in [4.69, 9.17) is 0 Å². The SMILES string of the molecule is CC(C)[C@@H](CO)NC(=O)NC1CCCN(c2ccccc2C#N)C1. The average Bonchev–Trinajstić information content (AvgIpc) is 2.59. The van der Waals surface area contributed by atoms with Crippen LogP contribution in [0, 0.1) is 17.2 Å². The third-order valence-electron chi connectivity index (χ3n) is 4.44. The van der Waals surface area contributed by atoms with Gasteiger partial charge in [0, 0.05) is 19.1 Å². The van der Waals surface area contributed by atoms with E-state index in [0.29, 0.717) is 12.1 Å². The molecular formula is C18H26N4O2. The van der Waals surface area contributed by atoms with Gasteiger partial charge in [-0.15, -0.1) is 0 Å². The fourth-order valence-corrected chi connectivity index (χ4v) is 2.98. The van der Waals surface area contributed by atoms with Crippen molar-refractivity contribution in [3.8, 4) is 6.07 Å². The van der Waals surface area contributed by atoms with E-state index in [1.54, 1.807) is 0 Å². The molecule has 1 aliphatic rings. The smallest absolute Gasteiger partial charge is 0.315 e. The minimum absolute atomic E-state index is 0.0250. The Kier molecular flexibility index (Phi) is 6.44. The summed E-state index contributed by atoms with van der Waals surface area (Å²) >= 11 is 0. The quantitative estimate of drug-likeness (QED) is 0.769. The summed E-state index contributed by atoms with van der Waals surface area (Å²) in [5.41, 5.74) is 1.57. The molecule has 0 aliphatic carbocycles. The van der Waals surface area contributed by atoms with Crippen LogP contribution in [0.4, 0.5) is 10.5 Å². The molecule has 0 aromatic heterocycles. The van der Waals surface area contributed by atoms with E-state index in [9.17, 15) is 15.2 Å². The van der Waals surface area contributed by atoms with E-state index in [1.807, 2.05) is 38.1 Å². The third-order valence-corrected chi connectivity index (χ3v) is 4.44. The fraction of sp³-hybridized carbons (Fsp3) is 0.556. The summed E-state index contributed by atoms with van der Waals surface area (Å²) in [6.45, 7) is 5.41. The predicted molar refractivity (Wildman–Crippen MR) is 93.8 cm³/mol. The van der Waals surface area contributed by atoms with Crippen molar-refractivity contribution >= 4 is 11.7 Å². The highest BCUT2D eigenvalue weighted by Crippen LogP contribution is 2.23. The number of carbonyl (C=O) groups is 1. The number of piperidine rings is 1. The summed E-state index contributed by atoms with van der Waals surface area (Å²) in [6.07, 6.45) is 1.86. The van der Waals surface area contributed by atoms with Crippen molar-refractivity contribution in [2.24, 2.45) is 5.92 Å². The van der Waals surface area contributed by atoms with Gasteiger partial charge in [0.05, 0.1) is 23.9 Å². The maximum absolute atomic E-state index is 12.1. The Hall–Kier alpha value is -2.26. The van der Waals surface area contributed by atoms with E-state index in [0.717, 1.165) is 25.1 Å². The maximum Gasteiger partial charge on any atom is 0.315 e. The Morgan fingerprint density at radius 2 is 2.21 bits per heavy atom. The first kappa shape index (κ1) is 18.1. The normalized spacial score (nSPS) is 18.8. The second-order valence-electron chi connectivity index (χ2n) is 6.57. The van der Waals surface area contributed by atoms with Gasteiger partial charge in [-0.05, 0) is 30.9 Å². The summed E-state index contributed by atoms with van der Waals surface area (Å²) in [5, 5.41) is 24.4. The van der Waals surface area contributed by atoms with Crippen molar-refractivity contribution in [2.45, 2.75) is 38.8 Å². The summed E-state index contributed by atoms with van der Waals surface area (Å²) in [4.78, 5) is 14.3. The third kappa shape index (κ3) is 4.62. The van der Waals surface area contributed by atoms with Gasteiger partial charge in [0.15, 0.2) is 0 Å². The minimum atomic E-state index is -0.247. The number of rotatable bonds is 5. The summed E-state index contributed by atoms with van der Waals surface area (Å²) in [6, 6.07) is 9.30. The molecule has 1 aromatic rings. The van der Waals surface area contributed by atoms with Gasteiger partial charge in [0.1, 0.15) is 6.07 Å². The van der Waals surface area contributed by atoms with Crippen LogP contribution in [0.15, 0.2) is 24.3 Å². The van der Waals surface area contributed by atoms with Crippen molar-refractivity contribution in [3.63, 3.8) is 0 Å². The molecule has 1 heterocycles. The van der Waals surface area contributed by atoms with Crippen LogP contribution < -0.4 is 15.5 Å². The molecule has 2 amide bonds. The Morgan fingerprint density at radius 1 is 1.46 bits per heavy atom. The number of carbonyl (C=O) groups excluding carboxylic acids is 1. The first-order valence-electron chi connectivity index (χ1n) is 8.47. The summed E-state index contributed by atoms with van der Waals surface area (Å²) < 4.78 is 0. The number of benzene rings is 1. The van der Waals surface area contributed by atoms with Crippen molar-refractivity contribution in [1.82, 2.24) is 10.6 Å². The lowest BCUT2D eigenvalue weighted by molar-refractivity contribution is 0.195. The van der Waals surface area contributed by atoms with Crippen molar-refractivity contribution in [2.75, 3.05) is 24.6 Å². The number of aliphatic hydroxyl groups is 1. The molecule has 3 N–H and O–H groups in total. The lowest BCUT2D eigenvalue weighted by atomic mass is 10.0. The van der Waals surface area contributed by atoms with Crippen LogP contribution in [-0.2, 0) is 0 Å². The summed E-state index contributed by atoms with van der Waals surface area (Å²) in [7, 11) is 0. The molecule has 1 aromatic carbocycles. The highest BCUT2D eigenvalue weighted by atomic mass is 16.3. The molecular weight excluding hydrogens is 304 g/mol. The Morgan fingerprint density at radius 3 is 2.88 bits per heavy atom. The lowest BCUT2D eigenvalue weighted by Crippen LogP contribution is -2.53. The number of nitrogens with one attached hydrogen (secondary N) is 2. The van der Waals surface area contributed by atoms with E-state index in [2.05, 4.69) is 21.6 Å². The number of urea groups is 1. The molecule has 1 saturated heterocycles. The zero-order valence-electron chi connectivity index (χ0n) is 14.3. The fourth-order valence-electron chi connectivity index (χ4n) is 2.98.